The summed E-state index contributed by atoms with van der Waals surface area (Å²) in [6, 6.07) is 12.5. The van der Waals surface area contributed by atoms with Gasteiger partial charge >= 0.3 is 0 Å². The van der Waals surface area contributed by atoms with E-state index in [1.165, 1.54) is 0 Å². The van der Waals surface area contributed by atoms with Crippen LogP contribution in [0.2, 0.25) is 0 Å². The Hall–Kier alpha value is -2.86. The lowest BCUT2D eigenvalue weighted by Crippen LogP contribution is -2.43. The Morgan fingerprint density at radius 3 is 2.52 bits per heavy atom. The molecule has 2 amide bonds. The number of benzene rings is 2. The lowest BCUT2D eigenvalue weighted by molar-refractivity contribution is -0.122. The van der Waals surface area contributed by atoms with Gasteiger partial charge in [-0.25, -0.2) is 0 Å². The molecule has 27 heavy (non-hydrogen) atoms. The van der Waals surface area contributed by atoms with Gasteiger partial charge in [0.05, 0.1) is 19.7 Å². The molecule has 2 N–H and O–H groups in total. The Labute approximate surface area is 160 Å². The first-order chi connectivity index (χ1) is 12.8. The monoisotopic (exact) mass is 369 g/mol. The standard InChI is InChI=1S/C21H27N3O3/c1-14-8-6-11-19(15(14)2)23-20(25)13-24(4)16(3)21(26)22-17-9-7-10-18(12-17)27-5/h6-12,16H,13H2,1-5H3,(H,22,26)(H,23,25). The van der Waals surface area contributed by atoms with E-state index in [1.807, 2.05) is 38.1 Å². The average molecular weight is 369 g/mol. The quantitative estimate of drug-likeness (QED) is 0.786. The van der Waals surface area contributed by atoms with Crippen molar-refractivity contribution in [1.82, 2.24) is 4.90 Å². The second kappa shape index (κ2) is 9.19. The maximum Gasteiger partial charge on any atom is 0.241 e. The number of ether oxygens (including phenoxy) is 1. The number of aryl methyl sites for hydroxylation is 1. The smallest absolute Gasteiger partial charge is 0.241 e. The van der Waals surface area contributed by atoms with Crippen molar-refractivity contribution >= 4 is 23.2 Å². The minimum absolute atomic E-state index is 0.111. The number of carbonyl (C=O) groups excluding carboxylic acids is 2. The van der Waals surface area contributed by atoms with Gasteiger partial charge in [0.25, 0.3) is 0 Å². The third kappa shape index (κ3) is 5.56. The van der Waals surface area contributed by atoms with Gasteiger partial charge in [-0.2, -0.15) is 0 Å². The van der Waals surface area contributed by atoms with E-state index in [9.17, 15) is 9.59 Å². The molecule has 0 saturated heterocycles. The summed E-state index contributed by atoms with van der Waals surface area (Å²) in [5.41, 5.74) is 3.60. The summed E-state index contributed by atoms with van der Waals surface area (Å²) < 4.78 is 5.16. The molecule has 0 bridgehead atoms. The summed E-state index contributed by atoms with van der Waals surface area (Å²) in [6.45, 7) is 5.85. The van der Waals surface area contributed by atoms with Crippen molar-refractivity contribution in [2.24, 2.45) is 0 Å². The second-order valence-electron chi connectivity index (χ2n) is 6.61. The summed E-state index contributed by atoms with van der Waals surface area (Å²) >= 11 is 0. The molecule has 2 aromatic carbocycles. The van der Waals surface area contributed by atoms with Crippen LogP contribution in [0.15, 0.2) is 42.5 Å². The fraction of sp³-hybridized carbons (Fsp3) is 0.333. The number of anilines is 2. The largest absolute Gasteiger partial charge is 0.497 e. The Morgan fingerprint density at radius 2 is 1.81 bits per heavy atom. The lowest BCUT2D eigenvalue weighted by Gasteiger charge is -2.23. The van der Waals surface area contributed by atoms with Crippen molar-refractivity contribution in [3.63, 3.8) is 0 Å². The summed E-state index contributed by atoms with van der Waals surface area (Å²) in [5, 5.41) is 5.76. The Morgan fingerprint density at radius 1 is 1.11 bits per heavy atom. The first kappa shape index (κ1) is 20.5. The molecule has 0 heterocycles. The number of hydrogen-bond donors (Lipinski definition) is 2. The van der Waals surface area contributed by atoms with Gasteiger partial charge in [-0.05, 0) is 57.1 Å². The van der Waals surface area contributed by atoms with Crippen LogP contribution in [0, 0.1) is 13.8 Å². The molecule has 2 rings (SSSR count). The molecule has 6 nitrogen and oxygen atoms in total. The SMILES string of the molecule is COc1cccc(NC(=O)C(C)N(C)CC(=O)Nc2cccc(C)c2C)c1. The Kier molecular flexibility index (Phi) is 6.96. The number of nitrogens with zero attached hydrogens (tertiary/aromatic N) is 1. The highest BCUT2D eigenvalue weighted by Gasteiger charge is 2.20. The average Bonchev–Trinajstić information content (AvgIpc) is 2.64. The van der Waals surface area contributed by atoms with Gasteiger partial charge in [-0.3, -0.25) is 14.5 Å². The zero-order valence-corrected chi connectivity index (χ0v) is 16.5. The van der Waals surface area contributed by atoms with E-state index >= 15 is 0 Å². The highest BCUT2D eigenvalue weighted by molar-refractivity contribution is 5.96. The predicted octanol–water partition coefficient (Wildman–Crippen LogP) is 3.21. The van der Waals surface area contributed by atoms with Crippen molar-refractivity contribution in [3.8, 4) is 5.75 Å². The van der Waals surface area contributed by atoms with Gasteiger partial charge < -0.3 is 15.4 Å². The van der Waals surface area contributed by atoms with Crippen LogP contribution in [0.4, 0.5) is 11.4 Å². The molecule has 0 spiro atoms. The van der Waals surface area contributed by atoms with Crippen molar-refractivity contribution in [2.45, 2.75) is 26.8 Å². The van der Waals surface area contributed by atoms with Crippen LogP contribution in [0.5, 0.6) is 5.75 Å². The molecule has 0 aromatic heterocycles. The first-order valence-corrected chi connectivity index (χ1v) is 8.83. The van der Waals surface area contributed by atoms with Gasteiger partial charge in [-0.15, -0.1) is 0 Å². The van der Waals surface area contributed by atoms with Crippen molar-refractivity contribution in [3.05, 3.63) is 53.6 Å². The van der Waals surface area contributed by atoms with E-state index < -0.39 is 6.04 Å². The molecule has 2 aromatic rings. The van der Waals surface area contributed by atoms with E-state index in [2.05, 4.69) is 10.6 Å². The van der Waals surface area contributed by atoms with Gasteiger partial charge in [0, 0.05) is 17.4 Å². The molecular formula is C21H27N3O3. The Balaban J connectivity index is 1.93. The molecule has 144 valence electrons. The van der Waals surface area contributed by atoms with E-state index in [1.54, 1.807) is 44.2 Å². The van der Waals surface area contributed by atoms with E-state index in [0.717, 1.165) is 16.8 Å². The number of likely N-dealkylation sites (N-methyl/N-ethyl adjacent to an activating group) is 1. The van der Waals surface area contributed by atoms with E-state index in [0.29, 0.717) is 11.4 Å². The second-order valence-corrected chi connectivity index (χ2v) is 6.61. The Bertz CT molecular complexity index is 820. The number of carbonyl (C=O) groups is 2. The molecule has 1 unspecified atom stereocenters. The molecule has 0 saturated carbocycles. The molecular weight excluding hydrogens is 342 g/mol. The number of methoxy groups -OCH3 is 1. The van der Waals surface area contributed by atoms with Crippen molar-refractivity contribution in [1.29, 1.82) is 0 Å². The third-order valence-electron chi connectivity index (χ3n) is 4.65. The van der Waals surface area contributed by atoms with Crippen LogP contribution in [-0.4, -0.2) is 43.5 Å². The van der Waals surface area contributed by atoms with Crippen LogP contribution in [0.25, 0.3) is 0 Å². The van der Waals surface area contributed by atoms with Crippen LogP contribution in [-0.2, 0) is 9.59 Å². The zero-order valence-electron chi connectivity index (χ0n) is 16.5. The highest BCUT2D eigenvalue weighted by atomic mass is 16.5. The van der Waals surface area contributed by atoms with Crippen LogP contribution >= 0.6 is 0 Å². The maximum atomic E-state index is 12.5. The van der Waals surface area contributed by atoms with Gasteiger partial charge in [0.1, 0.15) is 5.75 Å². The number of amides is 2. The number of hydrogen-bond acceptors (Lipinski definition) is 4. The minimum atomic E-state index is -0.472. The molecule has 0 radical (unpaired) electrons. The minimum Gasteiger partial charge on any atom is -0.497 e. The summed E-state index contributed by atoms with van der Waals surface area (Å²) in [5.74, 6) is 0.319. The fourth-order valence-electron chi connectivity index (χ4n) is 2.59. The molecule has 0 aliphatic heterocycles. The van der Waals surface area contributed by atoms with E-state index in [4.69, 9.17) is 4.74 Å². The summed E-state index contributed by atoms with van der Waals surface area (Å²) in [7, 11) is 3.32. The van der Waals surface area contributed by atoms with E-state index in [-0.39, 0.29) is 18.4 Å². The summed E-state index contributed by atoms with van der Waals surface area (Å²) in [6.07, 6.45) is 0. The van der Waals surface area contributed by atoms with Gasteiger partial charge in [0.2, 0.25) is 11.8 Å². The topological polar surface area (TPSA) is 70.7 Å². The molecule has 0 fully saturated rings. The zero-order chi connectivity index (χ0) is 20.0. The lowest BCUT2D eigenvalue weighted by atomic mass is 10.1. The van der Waals surface area contributed by atoms with Crippen molar-refractivity contribution in [2.75, 3.05) is 31.3 Å². The molecule has 0 aliphatic rings. The number of nitrogens with one attached hydrogen (secondary N) is 2. The third-order valence-corrected chi connectivity index (χ3v) is 4.65. The molecule has 1 atom stereocenters. The van der Waals surface area contributed by atoms with Gasteiger partial charge in [0.15, 0.2) is 0 Å². The predicted molar refractivity (Wildman–Crippen MR) is 108 cm³/mol. The highest BCUT2D eigenvalue weighted by Crippen LogP contribution is 2.19. The molecule has 0 aliphatic carbocycles. The van der Waals surface area contributed by atoms with Crippen molar-refractivity contribution < 1.29 is 14.3 Å². The van der Waals surface area contributed by atoms with Gasteiger partial charge in [-0.1, -0.05) is 18.2 Å². The normalized spacial score (nSPS) is 11.8. The van der Waals surface area contributed by atoms with Crippen LogP contribution in [0.1, 0.15) is 18.1 Å². The van der Waals surface area contributed by atoms with Crippen LogP contribution in [0.3, 0.4) is 0 Å². The number of rotatable bonds is 7. The molecule has 6 heteroatoms. The maximum absolute atomic E-state index is 12.5. The summed E-state index contributed by atoms with van der Waals surface area (Å²) in [4.78, 5) is 26.5. The fourth-order valence-corrected chi connectivity index (χ4v) is 2.59. The van der Waals surface area contributed by atoms with Crippen LogP contribution < -0.4 is 15.4 Å². The first-order valence-electron chi connectivity index (χ1n) is 8.83.